The average molecular weight is 168 g/mol. The Hall–Kier alpha value is 0.806. The van der Waals surface area contributed by atoms with Crippen molar-refractivity contribution in [3.63, 3.8) is 0 Å². The minimum absolute atomic E-state index is 0. The summed E-state index contributed by atoms with van der Waals surface area (Å²) < 4.78 is 0. The molecule has 0 heterocycles. The van der Waals surface area contributed by atoms with E-state index < -0.39 is 5.97 Å². The monoisotopic (exact) mass is 168 g/mol. The third kappa shape index (κ3) is 8.81. The van der Waals surface area contributed by atoms with Crippen molar-refractivity contribution in [1.29, 1.82) is 0 Å². The van der Waals surface area contributed by atoms with Crippen molar-refractivity contribution in [2.24, 2.45) is 0 Å². The number of carboxylic acid groups (broad SMARTS) is 1. The van der Waals surface area contributed by atoms with E-state index in [2.05, 4.69) is 0 Å². The van der Waals surface area contributed by atoms with Gasteiger partial charge < -0.3 is 15.0 Å². The fourth-order valence-electron chi connectivity index (χ4n) is 0.450. The van der Waals surface area contributed by atoms with Gasteiger partial charge in [-0.05, 0) is 19.4 Å². The number of aliphatic carboxylic acids is 1. The van der Waals surface area contributed by atoms with Crippen LogP contribution >= 0.6 is 0 Å². The average Bonchev–Trinajstić information content (AvgIpc) is 1.63. The molecule has 1 N–H and O–H groups in total. The molecule has 0 saturated carbocycles. The fourth-order valence-corrected chi connectivity index (χ4v) is 0.450. The Morgan fingerprint density at radius 1 is 1.70 bits per heavy atom. The zero-order valence-corrected chi connectivity index (χ0v) is 9.38. The molecule has 3 nitrogen and oxygen atoms in total. The molecular weight excluding hydrogens is 159 g/mol. The summed E-state index contributed by atoms with van der Waals surface area (Å²) >= 11 is 0. The summed E-state index contributed by atoms with van der Waals surface area (Å²) in [6.07, 6.45) is 1.38. The Morgan fingerprint density at radius 2 is 2.20 bits per heavy atom. The quantitative estimate of drug-likeness (QED) is 0.346. The molecular formula is C6H9KO3. The number of carbonyl (C=O) groups is 1. The van der Waals surface area contributed by atoms with E-state index in [-0.39, 0.29) is 58.0 Å². The van der Waals surface area contributed by atoms with Gasteiger partial charge in [0, 0.05) is 6.61 Å². The molecule has 0 atom stereocenters. The van der Waals surface area contributed by atoms with Crippen LogP contribution in [-0.4, -0.2) is 17.7 Å². The minimum atomic E-state index is -1.21. The van der Waals surface area contributed by atoms with Crippen molar-refractivity contribution in [1.82, 2.24) is 0 Å². The summed E-state index contributed by atoms with van der Waals surface area (Å²) in [7, 11) is 0. The third-order valence-electron chi connectivity index (χ3n) is 0.870. The molecule has 0 aliphatic heterocycles. The van der Waals surface area contributed by atoms with Gasteiger partial charge in [-0.3, -0.25) is 0 Å². The van der Waals surface area contributed by atoms with Gasteiger partial charge in [0.25, 0.3) is 0 Å². The SMILES string of the molecule is C/C(=C/C(=O)[O-])CCO.[K+]. The maximum atomic E-state index is 9.82. The molecule has 0 spiro atoms. The molecule has 0 radical (unpaired) electrons. The van der Waals surface area contributed by atoms with E-state index >= 15 is 0 Å². The number of rotatable bonds is 3. The zero-order valence-electron chi connectivity index (χ0n) is 6.26. The topological polar surface area (TPSA) is 60.4 Å². The van der Waals surface area contributed by atoms with Gasteiger partial charge in [-0.2, -0.15) is 0 Å². The van der Waals surface area contributed by atoms with Crippen molar-refractivity contribution >= 4 is 5.97 Å². The van der Waals surface area contributed by atoms with Crippen LogP contribution in [0.15, 0.2) is 11.6 Å². The van der Waals surface area contributed by atoms with Gasteiger partial charge in [-0.15, -0.1) is 0 Å². The van der Waals surface area contributed by atoms with Crippen molar-refractivity contribution in [3.8, 4) is 0 Å². The van der Waals surface area contributed by atoms with Gasteiger partial charge >= 0.3 is 51.4 Å². The van der Waals surface area contributed by atoms with Gasteiger partial charge in [-0.1, -0.05) is 5.57 Å². The van der Waals surface area contributed by atoms with E-state index in [9.17, 15) is 9.90 Å². The Labute approximate surface area is 103 Å². The van der Waals surface area contributed by atoms with Crippen LogP contribution < -0.4 is 56.5 Å². The molecule has 0 aromatic carbocycles. The molecule has 0 amide bonds. The first-order valence-corrected chi connectivity index (χ1v) is 2.66. The second-order valence-corrected chi connectivity index (χ2v) is 1.78. The number of carboxylic acids is 1. The molecule has 10 heavy (non-hydrogen) atoms. The molecule has 52 valence electrons. The van der Waals surface area contributed by atoms with Crippen LogP contribution in [0.25, 0.3) is 0 Å². The molecule has 4 heteroatoms. The zero-order chi connectivity index (χ0) is 7.28. The van der Waals surface area contributed by atoms with Crippen LogP contribution in [0.3, 0.4) is 0 Å². The molecule has 0 rings (SSSR count). The standard InChI is InChI=1S/C6H10O3.K/c1-5(2-3-7)4-6(8)9;/h4,7H,2-3H2,1H3,(H,8,9);/q;+1/p-1/b5-4-;. The van der Waals surface area contributed by atoms with Gasteiger partial charge in [0.05, 0.1) is 5.97 Å². The summed E-state index contributed by atoms with van der Waals surface area (Å²) in [4.78, 5) is 9.82. The fraction of sp³-hybridized carbons (Fsp3) is 0.500. The number of hydrogen-bond donors (Lipinski definition) is 1. The molecule has 0 aromatic rings. The summed E-state index contributed by atoms with van der Waals surface area (Å²) in [6, 6.07) is 0. The Morgan fingerprint density at radius 3 is 2.50 bits per heavy atom. The predicted octanol–water partition coefficient (Wildman–Crippen LogP) is -3.93. The van der Waals surface area contributed by atoms with Crippen molar-refractivity contribution in [2.75, 3.05) is 6.61 Å². The number of hydrogen-bond acceptors (Lipinski definition) is 3. The molecule has 0 fully saturated rings. The molecule has 0 aliphatic carbocycles. The summed E-state index contributed by atoms with van der Waals surface area (Å²) in [5, 5.41) is 18.1. The molecule has 0 unspecified atom stereocenters. The van der Waals surface area contributed by atoms with Crippen LogP contribution in [0, 0.1) is 0 Å². The first-order valence-electron chi connectivity index (χ1n) is 2.66. The summed E-state index contributed by atoms with van der Waals surface area (Å²) in [5.74, 6) is -1.21. The maximum Gasteiger partial charge on any atom is 1.00 e. The third-order valence-corrected chi connectivity index (χ3v) is 0.870. The van der Waals surface area contributed by atoms with Crippen molar-refractivity contribution in [2.45, 2.75) is 13.3 Å². The van der Waals surface area contributed by atoms with E-state index in [1.54, 1.807) is 6.92 Å². The second kappa shape index (κ2) is 7.91. The van der Waals surface area contributed by atoms with Crippen LogP contribution in [-0.2, 0) is 4.79 Å². The van der Waals surface area contributed by atoms with Gasteiger partial charge in [-0.25, -0.2) is 0 Å². The first-order chi connectivity index (χ1) is 4.16. The predicted molar refractivity (Wildman–Crippen MR) is 30.5 cm³/mol. The van der Waals surface area contributed by atoms with Crippen molar-refractivity contribution < 1.29 is 66.4 Å². The molecule has 0 aromatic heterocycles. The van der Waals surface area contributed by atoms with Crippen molar-refractivity contribution in [3.05, 3.63) is 11.6 Å². The van der Waals surface area contributed by atoms with E-state index in [0.29, 0.717) is 12.0 Å². The normalized spacial score (nSPS) is 10.4. The number of aliphatic hydroxyl groups is 1. The first kappa shape index (κ1) is 13.4. The Bertz CT molecular complexity index is 131. The van der Waals surface area contributed by atoms with Crippen LogP contribution in [0.2, 0.25) is 0 Å². The van der Waals surface area contributed by atoms with Crippen LogP contribution in [0.1, 0.15) is 13.3 Å². The molecule has 0 saturated heterocycles. The summed E-state index contributed by atoms with van der Waals surface area (Å²) in [5.41, 5.74) is 0.623. The van der Waals surface area contributed by atoms with E-state index in [1.165, 1.54) is 0 Å². The van der Waals surface area contributed by atoms with E-state index in [0.717, 1.165) is 6.08 Å². The van der Waals surface area contributed by atoms with E-state index in [1.807, 2.05) is 0 Å². The van der Waals surface area contributed by atoms with Crippen LogP contribution in [0.4, 0.5) is 0 Å². The molecule has 0 aliphatic rings. The number of aliphatic hydroxyl groups excluding tert-OH is 1. The molecule has 0 bridgehead atoms. The minimum Gasteiger partial charge on any atom is -0.545 e. The van der Waals surface area contributed by atoms with Gasteiger partial charge in [0.1, 0.15) is 0 Å². The smallest absolute Gasteiger partial charge is 0.545 e. The van der Waals surface area contributed by atoms with Gasteiger partial charge in [0.2, 0.25) is 0 Å². The summed E-state index contributed by atoms with van der Waals surface area (Å²) in [6.45, 7) is 1.61. The Balaban J connectivity index is 0. The maximum absolute atomic E-state index is 9.82. The number of carbonyl (C=O) groups excluding carboxylic acids is 1. The Kier molecular flexibility index (Phi) is 10.6. The van der Waals surface area contributed by atoms with Crippen LogP contribution in [0.5, 0.6) is 0 Å². The van der Waals surface area contributed by atoms with Gasteiger partial charge in [0.15, 0.2) is 0 Å². The van der Waals surface area contributed by atoms with E-state index in [4.69, 9.17) is 5.11 Å². The largest absolute Gasteiger partial charge is 1.00 e. The second-order valence-electron chi connectivity index (χ2n) is 1.78.